The molecule has 3 atom stereocenters. The molecule has 1 saturated heterocycles. The zero-order chi connectivity index (χ0) is 35.5. The van der Waals surface area contributed by atoms with E-state index in [4.69, 9.17) is 26.1 Å². The second-order valence-electron chi connectivity index (χ2n) is 4.90. The van der Waals surface area contributed by atoms with Gasteiger partial charge in [-0.2, -0.15) is 0 Å². The fourth-order valence-corrected chi connectivity index (χ4v) is 3.09. The van der Waals surface area contributed by atoms with E-state index in [9.17, 15) is 14.7 Å². The predicted molar refractivity (Wildman–Crippen MR) is 103 cm³/mol. The number of thiophene rings is 1. The summed E-state index contributed by atoms with van der Waals surface area (Å²) >= 11 is 0.678. The Kier molecular flexibility index (Phi) is 3.17. The maximum Gasteiger partial charge on any atom is 1.00 e. The molecule has 8 heteroatoms. The minimum atomic E-state index is -3.99. The van der Waals surface area contributed by atoms with Gasteiger partial charge in [-0.1, -0.05) is 12.1 Å². The Morgan fingerprint density at radius 1 is 1.56 bits per heavy atom. The molecule has 27 heavy (non-hydrogen) atoms. The predicted octanol–water partition coefficient (Wildman–Crippen LogP) is -0.673. The normalized spacial score (nSPS) is 40.3. The Bertz CT molecular complexity index is 1540. The molecule has 3 unspecified atom stereocenters. The average molecular weight is 435 g/mol. The van der Waals surface area contributed by atoms with E-state index in [1.807, 2.05) is 0 Å². The van der Waals surface area contributed by atoms with Gasteiger partial charge in [0.1, 0.15) is 4.83 Å². The van der Waals surface area contributed by atoms with Crippen molar-refractivity contribution in [3.63, 3.8) is 0 Å². The van der Waals surface area contributed by atoms with Gasteiger partial charge < -0.3 is 15.3 Å². The number of aromatic nitrogens is 1. The van der Waals surface area contributed by atoms with Gasteiger partial charge in [0.25, 0.3) is 11.5 Å². The van der Waals surface area contributed by atoms with Gasteiger partial charge in [-0.25, -0.2) is 0 Å². The average Bonchev–Trinajstić information content (AvgIpc) is 3.35. The number of hydrogen-bond donors (Lipinski definition) is 1. The number of nitrogens with zero attached hydrogens (tertiary/aromatic N) is 2. The zero-order valence-corrected chi connectivity index (χ0v) is 18.2. The van der Waals surface area contributed by atoms with Crippen LogP contribution in [0.15, 0.2) is 16.2 Å². The first-order chi connectivity index (χ1) is 19.8. The van der Waals surface area contributed by atoms with E-state index in [-0.39, 0.29) is 56.2 Å². The molecule has 0 aromatic carbocycles. The van der Waals surface area contributed by atoms with Gasteiger partial charge in [-0.15, -0.1) is 11.3 Å². The second kappa shape index (κ2) is 10.5. The van der Waals surface area contributed by atoms with Crippen LogP contribution >= 0.6 is 11.3 Å². The summed E-state index contributed by atoms with van der Waals surface area (Å²) in [7, 11) is 0. The van der Waals surface area contributed by atoms with Gasteiger partial charge in [0.05, 0.1) is 6.93 Å². The topological polar surface area (TPSA) is 77.4 Å². The van der Waals surface area contributed by atoms with Crippen LogP contribution in [0.4, 0.5) is 0 Å². The molecule has 2 aromatic heterocycles. The SMILES string of the molecule is [2H]C(N([2H])C(=O)c1c([O-])c2ccsc2n(C([2H])(C)C([2H])([2H])[2H])c1=O)C([2H])([2H])C([2H])N1C([2H])([2H])C([2H])([2H])C([2H])([2H])C([2H])([2H])C1([2H])[2H].[K+]. The van der Waals surface area contributed by atoms with Crippen molar-refractivity contribution >= 4 is 27.5 Å². The Morgan fingerprint density at radius 2 is 2.30 bits per heavy atom. The summed E-state index contributed by atoms with van der Waals surface area (Å²) in [5.74, 6) is -3.39. The number of fused-ring (bicyclic) bond motifs is 1. The largest absolute Gasteiger partial charge is 1.00 e. The summed E-state index contributed by atoms with van der Waals surface area (Å²) in [6.07, 6.45) is -15.6. The van der Waals surface area contributed by atoms with Gasteiger partial charge in [0.2, 0.25) is 0 Å². The molecule has 1 fully saturated rings. The molecule has 1 N–H and O–H groups in total. The molecule has 3 rings (SSSR count). The Labute approximate surface area is 233 Å². The van der Waals surface area contributed by atoms with Crippen LogP contribution in [0.25, 0.3) is 10.2 Å². The first-order valence-corrected chi connectivity index (χ1v) is 7.99. The van der Waals surface area contributed by atoms with E-state index in [2.05, 4.69) is 0 Å². The molecule has 1 amide bonds. The molecule has 0 bridgehead atoms. The number of amides is 1. The van der Waals surface area contributed by atoms with E-state index in [0.29, 0.717) is 15.9 Å². The van der Waals surface area contributed by atoms with Gasteiger partial charge >= 0.3 is 51.4 Å². The van der Waals surface area contributed by atoms with Crippen molar-refractivity contribution in [2.45, 2.75) is 45.3 Å². The zero-order valence-electron chi connectivity index (χ0n) is 33.3. The van der Waals surface area contributed by atoms with Crippen molar-refractivity contribution in [2.75, 3.05) is 26.0 Å². The Morgan fingerprint density at radius 3 is 3.00 bits per heavy atom. The number of carbonyl (C=O) groups excluding carboxylic acids is 1. The third kappa shape index (κ3) is 5.23. The van der Waals surface area contributed by atoms with Crippen LogP contribution in [-0.4, -0.2) is 41.4 Å². The van der Waals surface area contributed by atoms with E-state index < -0.39 is 103 Å². The van der Waals surface area contributed by atoms with E-state index >= 15 is 0 Å². The fourth-order valence-electron chi connectivity index (χ4n) is 2.14. The van der Waals surface area contributed by atoms with Crippen LogP contribution in [0.2, 0.25) is 1.41 Å². The number of piperidine rings is 1. The molecule has 2 aromatic rings. The number of hydrogen-bond acceptors (Lipinski definition) is 5. The molecule has 0 spiro atoms. The van der Waals surface area contributed by atoms with Crippen LogP contribution in [0.3, 0.4) is 0 Å². The first kappa shape index (κ1) is 8.13. The van der Waals surface area contributed by atoms with E-state index in [0.717, 1.165) is 13.0 Å². The number of carbonyl (C=O) groups is 1. The van der Waals surface area contributed by atoms with Crippen molar-refractivity contribution in [1.29, 1.82) is 0 Å². The summed E-state index contributed by atoms with van der Waals surface area (Å²) in [6, 6.07) is -1.71. The van der Waals surface area contributed by atoms with Gasteiger partial charge in [-0.3, -0.25) is 14.2 Å². The van der Waals surface area contributed by atoms with Gasteiger partial charge in [-0.05, 0) is 63.9 Å². The van der Waals surface area contributed by atoms with Crippen LogP contribution in [0.1, 0.15) is 80.3 Å². The maximum atomic E-state index is 13.4. The molecular weight excluding hydrogens is 389 g/mol. The minimum Gasteiger partial charge on any atom is -0.871 e. The quantitative estimate of drug-likeness (QED) is 0.612. The van der Waals surface area contributed by atoms with Crippen molar-refractivity contribution in [2.24, 2.45) is 0 Å². The monoisotopic (exact) mass is 434 g/mol. The van der Waals surface area contributed by atoms with Crippen LogP contribution in [0, 0.1) is 0 Å². The minimum absolute atomic E-state index is 0. The summed E-state index contributed by atoms with van der Waals surface area (Å²) in [6.45, 7) is -16.6. The number of likely N-dealkylation sites (tertiary alicyclic amines) is 1. The summed E-state index contributed by atoms with van der Waals surface area (Å²) in [5.41, 5.74) is -3.17. The van der Waals surface area contributed by atoms with Crippen molar-refractivity contribution in [3.8, 4) is 5.75 Å². The van der Waals surface area contributed by atoms with Gasteiger partial charge in [0.15, 0.2) is 1.41 Å². The first-order valence-electron chi connectivity index (χ1n) is 16.7. The van der Waals surface area contributed by atoms with Crippen LogP contribution in [0.5, 0.6) is 5.75 Å². The molecule has 3 heterocycles. The fraction of sp³-hybridized carbons (Fsp3) is 0.579. The van der Waals surface area contributed by atoms with Crippen molar-refractivity contribution < 1.29 is 87.4 Å². The number of nitrogens with one attached hydrogen (secondary N) is 1. The molecule has 0 saturated carbocycles. The number of pyridine rings is 1. The van der Waals surface area contributed by atoms with Crippen LogP contribution < -0.4 is 67.4 Å². The third-order valence-corrected chi connectivity index (χ3v) is 4.12. The van der Waals surface area contributed by atoms with Crippen molar-refractivity contribution in [3.05, 3.63) is 27.4 Å². The van der Waals surface area contributed by atoms with Gasteiger partial charge in [0, 0.05) is 41.2 Å². The second-order valence-corrected chi connectivity index (χ2v) is 5.79. The molecule has 6 nitrogen and oxygen atoms in total. The molecule has 0 radical (unpaired) electrons. The summed E-state index contributed by atoms with van der Waals surface area (Å²) < 4.78 is 153. The van der Waals surface area contributed by atoms with E-state index in [1.165, 1.54) is 5.38 Å². The third-order valence-electron chi connectivity index (χ3n) is 3.22. The smallest absolute Gasteiger partial charge is 0.871 e. The Hall–Kier alpha value is -0.224. The summed E-state index contributed by atoms with van der Waals surface area (Å²) in [5, 5.41) is 13.3. The van der Waals surface area contributed by atoms with E-state index in [1.54, 1.807) is 0 Å². The summed E-state index contributed by atoms with van der Waals surface area (Å²) in [4.78, 5) is 25.8. The maximum absolute atomic E-state index is 13.4. The molecular formula is C19H26KN3O3S. The standard InChI is InChI=1S/C19H27N3O3S.K/c1-13(2)22-18(25)15(16(23)14-7-12-26-19(14)22)17(24)20-8-6-11-21-9-4-3-5-10-21;/h7,12-13,23H,3-6,8-11H2,1-2H3,(H,20,24);/q;+1/p-1/i1D3,3D2,4D2,5D2,6D2,8D,9D2,10D2,11D,13D;/hD. The molecule has 1 aliphatic rings. The van der Waals surface area contributed by atoms with Crippen molar-refractivity contribution in [1.82, 2.24) is 14.8 Å². The number of rotatable bonds is 6. The van der Waals surface area contributed by atoms with Crippen LogP contribution in [-0.2, 0) is 0 Å². The molecule has 1 aliphatic heterocycles. The molecule has 0 aliphatic carbocycles. The Balaban J connectivity index is 0.00000736. The molecule has 142 valence electrons.